The van der Waals surface area contributed by atoms with Crippen LogP contribution in [0, 0.1) is 0 Å². The van der Waals surface area contributed by atoms with Crippen molar-refractivity contribution in [3.05, 3.63) is 35.9 Å². The van der Waals surface area contributed by atoms with Crippen LogP contribution in [0.25, 0.3) is 0 Å². The van der Waals surface area contributed by atoms with Gasteiger partial charge >= 0.3 is 5.97 Å². The molecule has 2 rings (SSSR count). The lowest BCUT2D eigenvalue weighted by Crippen LogP contribution is -2.45. The van der Waals surface area contributed by atoms with Gasteiger partial charge < -0.3 is 10.0 Å². The summed E-state index contributed by atoms with van der Waals surface area (Å²) in [5.41, 5.74) is -0.292. The van der Waals surface area contributed by atoms with E-state index in [-0.39, 0.29) is 11.5 Å². The van der Waals surface area contributed by atoms with E-state index in [1.54, 1.807) is 6.92 Å². The molecule has 1 saturated heterocycles. The van der Waals surface area contributed by atoms with Crippen molar-refractivity contribution < 1.29 is 18.3 Å². The summed E-state index contributed by atoms with van der Waals surface area (Å²) in [4.78, 5) is 13.7. The second-order valence-electron chi connectivity index (χ2n) is 5.78. The number of benzene rings is 1. The van der Waals surface area contributed by atoms with Crippen molar-refractivity contribution in [3.63, 3.8) is 0 Å². The quantitative estimate of drug-likeness (QED) is 0.903. The highest BCUT2D eigenvalue weighted by atomic mass is 32.2. The Bertz CT molecular complexity index is 599. The molecule has 1 unspecified atom stereocenters. The van der Waals surface area contributed by atoms with E-state index in [1.807, 2.05) is 35.2 Å². The molecule has 0 aromatic heterocycles. The van der Waals surface area contributed by atoms with Crippen LogP contribution in [-0.4, -0.2) is 55.5 Å². The zero-order chi connectivity index (χ0) is 15.5. The summed E-state index contributed by atoms with van der Waals surface area (Å²) in [5, 5.41) is 9.64. The highest BCUT2D eigenvalue weighted by molar-refractivity contribution is 7.91. The van der Waals surface area contributed by atoms with E-state index in [2.05, 4.69) is 0 Å². The normalized spacial score (nSPS) is 22.1. The van der Waals surface area contributed by atoms with Crippen LogP contribution >= 0.6 is 0 Å². The molecule has 21 heavy (non-hydrogen) atoms. The highest BCUT2D eigenvalue weighted by Gasteiger charge is 2.37. The van der Waals surface area contributed by atoms with Gasteiger partial charge in [0.05, 0.1) is 11.5 Å². The van der Waals surface area contributed by atoms with Gasteiger partial charge in [-0.05, 0) is 25.5 Å². The number of carboxylic acid groups (broad SMARTS) is 1. The SMILES string of the molecule is CC(CN1CCCS(=O)(=O)CC1)(C(=O)O)c1ccccc1. The van der Waals surface area contributed by atoms with E-state index < -0.39 is 21.2 Å². The Balaban J connectivity index is 2.19. The third-order valence-corrected chi connectivity index (χ3v) is 5.79. The second-order valence-corrected chi connectivity index (χ2v) is 8.09. The average Bonchev–Trinajstić information content (AvgIpc) is 2.61. The molecule has 6 heteroatoms. The standard InChI is InChI=1S/C15H21NO4S/c1-15(14(17)18,13-6-3-2-4-7-13)12-16-8-5-10-21(19,20)11-9-16/h2-4,6-7H,5,8-12H2,1H3,(H,17,18). The molecule has 1 heterocycles. The van der Waals surface area contributed by atoms with Crippen LogP contribution in [0.4, 0.5) is 0 Å². The number of rotatable bonds is 4. The van der Waals surface area contributed by atoms with Crippen molar-refractivity contribution in [3.8, 4) is 0 Å². The fourth-order valence-electron chi connectivity index (χ4n) is 2.68. The van der Waals surface area contributed by atoms with Crippen LogP contribution in [0.2, 0.25) is 0 Å². The van der Waals surface area contributed by atoms with Crippen LogP contribution in [0.15, 0.2) is 30.3 Å². The lowest BCUT2D eigenvalue weighted by molar-refractivity contribution is -0.144. The second kappa shape index (κ2) is 6.15. The summed E-state index contributed by atoms with van der Waals surface area (Å²) in [6.07, 6.45) is 0.562. The van der Waals surface area contributed by atoms with Crippen molar-refractivity contribution >= 4 is 15.8 Å². The van der Waals surface area contributed by atoms with Crippen molar-refractivity contribution in [1.82, 2.24) is 4.90 Å². The van der Waals surface area contributed by atoms with E-state index in [9.17, 15) is 18.3 Å². The molecular formula is C15H21NO4S. The van der Waals surface area contributed by atoms with Gasteiger partial charge in [0.15, 0.2) is 9.84 Å². The molecular weight excluding hydrogens is 290 g/mol. The number of carbonyl (C=O) groups is 1. The van der Waals surface area contributed by atoms with E-state index in [0.29, 0.717) is 26.1 Å². The van der Waals surface area contributed by atoms with Crippen molar-refractivity contribution in [1.29, 1.82) is 0 Å². The molecule has 0 spiro atoms. The van der Waals surface area contributed by atoms with Gasteiger partial charge in [-0.25, -0.2) is 8.42 Å². The number of hydrogen-bond acceptors (Lipinski definition) is 4. The minimum absolute atomic E-state index is 0.109. The molecule has 1 aliphatic rings. The first-order valence-electron chi connectivity index (χ1n) is 7.05. The lowest BCUT2D eigenvalue weighted by Gasteiger charge is -2.32. The maximum Gasteiger partial charge on any atom is 0.315 e. The first-order valence-corrected chi connectivity index (χ1v) is 8.87. The van der Waals surface area contributed by atoms with Gasteiger partial charge in [0, 0.05) is 13.1 Å². The summed E-state index contributed by atoms with van der Waals surface area (Å²) in [5.74, 6) is -0.586. The molecule has 1 N–H and O–H groups in total. The number of aliphatic carboxylic acids is 1. The Kier molecular flexibility index (Phi) is 4.68. The molecule has 0 saturated carbocycles. The van der Waals surface area contributed by atoms with Gasteiger partial charge in [0.1, 0.15) is 5.41 Å². The maximum absolute atomic E-state index is 11.8. The van der Waals surface area contributed by atoms with Gasteiger partial charge in [-0.15, -0.1) is 0 Å². The Hall–Kier alpha value is -1.40. The summed E-state index contributed by atoms with van der Waals surface area (Å²) in [7, 11) is -2.98. The molecule has 116 valence electrons. The van der Waals surface area contributed by atoms with Crippen LogP contribution < -0.4 is 0 Å². The van der Waals surface area contributed by atoms with Crippen molar-refractivity contribution in [2.24, 2.45) is 0 Å². The summed E-state index contributed by atoms with van der Waals surface area (Å²) in [6, 6.07) is 9.11. The molecule has 0 amide bonds. The topological polar surface area (TPSA) is 74.7 Å². The van der Waals surface area contributed by atoms with Gasteiger partial charge in [-0.1, -0.05) is 30.3 Å². The first kappa shape index (κ1) is 16.0. The zero-order valence-electron chi connectivity index (χ0n) is 12.2. The number of nitrogens with zero attached hydrogens (tertiary/aromatic N) is 1. The molecule has 1 atom stereocenters. The van der Waals surface area contributed by atoms with E-state index >= 15 is 0 Å². The highest BCUT2D eigenvalue weighted by Crippen LogP contribution is 2.26. The predicted molar refractivity (Wildman–Crippen MR) is 81.1 cm³/mol. The number of sulfone groups is 1. The Labute approximate surface area is 125 Å². The molecule has 0 bridgehead atoms. The Morgan fingerprint density at radius 3 is 2.52 bits per heavy atom. The average molecular weight is 311 g/mol. The van der Waals surface area contributed by atoms with Crippen LogP contribution in [-0.2, 0) is 20.0 Å². The third kappa shape index (κ3) is 3.83. The molecule has 0 aliphatic carbocycles. The van der Waals surface area contributed by atoms with Crippen molar-refractivity contribution in [2.75, 3.05) is 31.1 Å². The van der Waals surface area contributed by atoms with Crippen LogP contribution in [0.3, 0.4) is 0 Å². The smallest absolute Gasteiger partial charge is 0.315 e. The molecule has 1 aromatic rings. The minimum Gasteiger partial charge on any atom is -0.481 e. The molecule has 5 nitrogen and oxygen atoms in total. The summed E-state index contributed by atoms with van der Waals surface area (Å²) in [6.45, 7) is 3.04. The maximum atomic E-state index is 11.8. The Morgan fingerprint density at radius 2 is 1.90 bits per heavy atom. The largest absolute Gasteiger partial charge is 0.481 e. The van der Waals surface area contributed by atoms with E-state index in [0.717, 1.165) is 5.56 Å². The lowest BCUT2D eigenvalue weighted by atomic mass is 9.82. The predicted octanol–water partition coefficient (Wildman–Crippen LogP) is 1.15. The number of hydrogen-bond donors (Lipinski definition) is 1. The fourth-order valence-corrected chi connectivity index (χ4v) is 3.99. The molecule has 1 aliphatic heterocycles. The van der Waals surface area contributed by atoms with E-state index in [4.69, 9.17) is 0 Å². The summed E-state index contributed by atoms with van der Waals surface area (Å²) >= 11 is 0. The monoisotopic (exact) mass is 311 g/mol. The Morgan fingerprint density at radius 1 is 1.24 bits per heavy atom. The number of carboxylic acids is 1. The minimum atomic E-state index is -2.98. The van der Waals surface area contributed by atoms with Gasteiger partial charge in [0.2, 0.25) is 0 Å². The van der Waals surface area contributed by atoms with Gasteiger partial charge in [-0.3, -0.25) is 4.79 Å². The van der Waals surface area contributed by atoms with Crippen LogP contribution in [0.5, 0.6) is 0 Å². The first-order chi connectivity index (χ1) is 9.83. The molecule has 0 radical (unpaired) electrons. The third-order valence-electron chi connectivity index (χ3n) is 4.07. The van der Waals surface area contributed by atoms with Crippen LogP contribution in [0.1, 0.15) is 18.9 Å². The van der Waals surface area contributed by atoms with Gasteiger partial charge in [-0.2, -0.15) is 0 Å². The van der Waals surface area contributed by atoms with Crippen molar-refractivity contribution in [2.45, 2.75) is 18.8 Å². The fraction of sp³-hybridized carbons (Fsp3) is 0.533. The molecule has 1 fully saturated rings. The van der Waals surface area contributed by atoms with Gasteiger partial charge in [0.25, 0.3) is 0 Å². The zero-order valence-corrected chi connectivity index (χ0v) is 13.0. The van der Waals surface area contributed by atoms with E-state index in [1.165, 1.54) is 0 Å². The summed E-state index contributed by atoms with van der Waals surface area (Å²) < 4.78 is 23.3. The molecule has 1 aromatic carbocycles.